The van der Waals surface area contributed by atoms with E-state index in [1.165, 1.54) is 11.1 Å². The van der Waals surface area contributed by atoms with E-state index < -0.39 is 0 Å². The molecular weight excluding hydrogens is 384 g/mol. The van der Waals surface area contributed by atoms with Crippen LogP contribution >= 0.6 is 15.9 Å². The van der Waals surface area contributed by atoms with E-state index in [0.717, 1.165) is 44.8 Å². The van der Waals surface area contributed by atoms with E-state index in [9.17, 15) is 0 Å². The van der Waals surface area contributed by atoms with Crippen LogP contribution in [0.15, 0.2) is 83.3 Å². The highest BCUT2D eigenvalue weighted by Gasteiger charge is 2.26. The SMILES string of the molecule is Brc1ccc2c(c1)-c1c(nc(-c3ccccc3)nc1-c1ccccc1)C2. The Morgan fingerprint density at radius 1 is 0.731 bits per heavy atom. The normalized spacial score (nSPS) is 11.9. The van der Waals surface area contributed by atoms with Crippen LogP contribution in [-0.2, 0) is 6.42 Å². The van der Waals surface area contributed by atoms with Crippen LogP contribution in [0, 0.1) is 0 Å². The van der Waals surface area contributed by atoms with Gasteiger partial charge in [0.2, 0.25) is 0 Å². The summed E-state index contributed by atoms with van der Waals surface area (Å²) < 4.78 is 1.08. The summed E-state index contributed by atoms with van der Waals surface area (Å²) in [4.78, 5) is 9.91. The van der Waals surface area contributed by atoms with Gasteiger partial charge in [-0.05, 0) is 23.3 Å². The molecule has 0 saturated heterocycles. The highest BCUT2D eigenvalue weighted by Crippen LogP contribution is 2.43. The van der Waals surface area contributed by atoms with Crippen LogP contribution in [0.1, 0.15) is 11.3 Å². The zero-order valence-corrected chi connectivity index (χ0v) is 15.6. The van der Waals surface area contributed by atoms with Crippen molar-refractivity contribution < 1.29 is 0 Å². The third-order valence-electron chi connectivity index (χ3n) is 4.76. The van der Waals surface area contributed by atoms with Crippen molar-refractivity contribution >= 4 is 15.9 Å². The number of rotatable bonds is 2. The minimum Gasteiger partial charge on any atom is -0.232 e. The number of aromatic nitrogens is 2. The molecule has 0 aliphatic heterocycles. The van der Waals surface area contributed by atoms with Crippen LogP contribution in [0.5, 0.6) is 0 Å². The average Bonchev–Trinajstić information content (AvgIpc) is 3.06. The maximum Gasteiger partial charge on any atom is 0.160 e. The molecule has 0 fully saturated rings. The van der Waals surface area contributed by atoms with Crippen molar-refractivity contribution in [3.05, 3.63) is 94.6 Å². The average molecular weight is 399 g/mol. The molecule has 0 radical (unpaired) electrons. The van der Waals surface area contributed by atoms with E-state index in [1.54, 1.807) is 0 Å². The predicted molar refractivity (Wildman–Crippen MR) is 109 cm³/mol. The minimum atomic E-state index is 0.787. The van der Waals surface area contributed by atoms with Gasteiger partial charge in [0.25, 0.3) is 0 Å². The molecule has 0 N–H and O–H groups in total. The summed E-state index contributed by atoms with van der Waals surface area (Å²) in [7, 11) is 0. The molecule has 3 heteroatoms. The molecule has 1 aromatic heterocycles. The molecule has 0 amide bonds. The van der Waals surface area contributed by atoms with Gasteiger partial charge in [-0.1, -0.05) is 82.7 Å². The first-order valence-corrected chi connectivity index (χ1v) is 9.39. The Balaban J connectivity index is 1.80. The van der Waals surface area contributed by atoms with Gasteiger partial charge in [0, 0.05) is 27.6 Å². The van der Waals surface area contributed by atoms with Gasteiger partial charge in [-0.15, -0.1) is 0 Å². The molecular formula is C23H15BrN2. The minimum absolute atomic E-state index is 0.787. The first-order chi connectivity index (χ1) is 12.8. The molecule has 124 valence electrons. The van der Waals surface area contributed by atoms with Crippen molar-refractivity contribution in [2.45, 2.75) is 6.42 Å². The topological polar surface area (TPSA) is 25.8 Å². The quantitative estimate of drug-likeness (QED) is 0.356. The molecule has 3 aromatic carbocycles. The smallest absolute Gasteiger partial charge is 0.160 e. The maximum atomic E-state index is 4.99. The lowest BCUT2D eigenvalue weighted by Crippen LogP contribution is -1.99. The Labute approximate surface area is 160 Å². The second kappa shape index (κ2) is 6.19. The second-order valence-electron chi connectivity index (χ2n) is 6.43. The molecule has 0 unspecified atom stereocenters. The van der Waals surface area contributed by atoms with E-state index in [0.29, 0.717) is 0 Å². The van der Waals surface area contributed by atoms with Crippen LogP contribution in [0.25, 0.3) is 33.8 Å². The van der Waals surface area contributed by atoms with E-state index in [1.807, 2.05) is 24.3 Å². The Morgan fingerprint density at radius 2 is 1.42 bits per heavy atom. The summed E-state index contributed by atoms with van der Waals surface area (Å²) in [5.74, 6) is 0.787. The third-order valence-corrected chi connectivity index (χ3v) is 5.26. The molecule has 0 saturated carbocycles. The standard InChI is InChI=1S/C23H15BrN2/c24-18-12-11-17-13-20-21(19(17)14-18)22(15-7-3-1-4-8-15)26-23(25-20)16-9-5-2-6-10-16/h1-12,14H,13H2. The highest BCUT2D eigenvalue weighted by molar-refractivity contribution is 9.10. The maximum absolute atomic E-state index is 4.99. The largest absolute Gasteiger partial charge is 0.232 e. The van der Waals surface area contributed by atoms with Crippen molar-refractivity contribution in [3.63, 3.8) is 0 Å². The fourth-order valence-electron chi connectivity index (χ4n) is 3.56. The fourth-order valence-corrected chi connectivity index (χ4v) is 3.92. The van der Waals surface area contributed by atoms with Crippen LogP contribution < -0.4 is 0 Å². The zero-order valence-electron chi connectivity index (χ0n) is 14.0. The molecule has 1 heterocycles. The van der Waals surface area contributed by atoms with Gasteiger partial charge >= 0.3 is 0 Å². The molecule has 0 atom stereocenters. The lowest BCUT2D eigenvalue weighted by Gasteiger charge is -2.11. The van der Waals surface area contributed by atoms with Gasteiger partial charge < -0.3 is 0 Å². The van der Waals surface area contributed by atoms with E-state index in [-0.39, 0.29) is 0 Å². The van der Waals surface area contributed by atoms with E-state index in [4.69, 9.17) is 9.97 Å². The van der Waals surface area contributed by atoms with Gasteiger partial charge in [0.15, 0.2) is 5.82 Å². The van der Waals surface area contributed by atoms with Gasteiger partial charge in [0.05, 0.1) is 11.4 Å². The summed E-state index contributed by atoms with van der Waals surface area (Å²) in [6.07, 6.45) is 0.847. The van der Waals surface area contributed by atoms with Gasteiger partial charge in [-0.25, -0.2) is 9.97 Å². The van der Waals surface area contributed by atoms with Crippen molar-refractivity contribution in [1.82, 2.24) is 9.97 Å². The summed E-state index contributed by atoms with van der Waals surface area (Å²) >= 11 is 3.61. The number of hydrogen-bond donors (Lipinski definition) is 0. The van der Waals surface area contributed by atoms with E-state index >= 15 is 0 Å². The molecule has 4 aromatic rings. The first kappa shape index (κ1) is 15.5. The third kappa shape index (κ3) is 2.56. The van der Waals surface area contributed by atoms with Crippen molar-refractivity contribution in [2.75, 3.05) is 0 Å². The van der Waals surface area contributed by atoms with Crippen molar-refractivity contribution in [3.8, 4) is 33.8 Å². The Bertz CT molecular complexity index is 1110. The number of hydrogen-bond acceptors (Lipinski definition) is 2. The zero-order chi connectivity index (χ0) is 17.5. The van der Waals surface area contributed by atoms with Gasteiger partial charge in [-0.2, -0.15) is 0 Å². The number of halogens is 1. The lowest BCUT2D eigenvalue weighted by molar-refractivity contribution is 1.08. The molecule has 1 aliphatic carbocycles. The van der Waals surface area contributed by atoms with E-state index in [2.05, 4.69) is 70.5 Å². The molecule has 2 nitrogen and oxygen atoms in total. The summed E-state index contributed by atoms with van der Waals surface area (Å²) in [5.41, 5.74) is 7.97. The molecule has 0 bridgehead atoms. The highest BCUT2D eigenvalue weighted by atomic mass is 79.9. The van der Waals surface area contributed by atoms with Crippen LogP contribution in [-0.4, -0.2) is 9.97 Å². The fraction of sp³-hybridized carbons (Fsp3) is 0.0435. The molecule has 5 rings (SSSR count). The monoisotopic (exact) mass is 398 g/mol. The number of fused-ring (bicyclic) bond motifs is 3. The van der Waals surface area contributed by atoms with Crippen LogP contribution in [0.2, 0.25) is 0 Å². The lowest BCUT2D eigenvalue weighted by atomic mass is 10.0. The summed E-state index contributed by atoms with van der Waals surface area (Å²) in [5, 5.41) is 0. The Kier molecular flexibility index (Phi) is 3.68. The molecule has 0 spiro atoms. The van der Waals surface area contributed by atoms with Crippen LogP contribution in [0.3, 0.4) is 0 Å². The molecule has 26 heavy (non-hydrogen) atoms. The van der Waals surface area contributed by atoms with Crippen molar-refractivity contribution in [2.24, 2.45) is 0 Å². The number of benzene rings is 3. The van der Waals surface area contributed by atoms with Gasteiger partial charge in [0.1, 0.15) is 0 Å². The predicted octanol–water partition coefficient (Wildman–Crippen LogP) is 6.14. The summed E-state index contributed by atoms with van der Waals surface area (Å²) in [6, 6.07) is 27.0. The van der Waals surface area contributed by atoms with Crippen molar-refractivity contribution in [1.29, 1.82) is 0 Å². The first-order valence-electron chi connectivity index (χ1n) is 8.60. The Hall–Kier alpha value is -2.78. The second-order valence-corrected chi connectivity index (χ2v) is 7.34. The van der Waals surface area contributed by atoms with Crippen LogP contribution in [0.4, 0.5) is 0 Å². The van der Waals surface area contributed by atoms with Gasteiger partial charge in [-0.3, -0.25) is 0 Å². The molecule has 1 aliphatic rings. The number of nitrogens with zero attached hydrogens (tertiary/aromatic N) is 2. The summed E-state index contributed by atoms with van der Waals surface area (Å²) in [6.45, 7) is 0. The Morgan fingerprint density at radius 3 is 2.15 bits per heavy atom.